The summed E-state index contributed by atoms with van der Waals surface area (Å²) >= 11 is 5.99. The molecule has 2 heterocycles. The minimum Gasteiger partial charge on any atom is -0.350 e. The second-order valence-electron chi connectivity index (χ2n) is 7.30. The minimum atomic E-state index is -0.00380. The highest BCUT2D eigenvalue weighted by molar-refractivity contribution is 6.30. The zero-order chi connectivity index (χ0) is 19.1. The van der Waals surface area contributed by atoms with Gasteiger partial charge in [-0.3, -0.25) is 4.79 Å². The average molecular weight is 379 g/mol. The topological polar surface area (TPSA) is 25.2 Å². The van der Waals surface area contributed by atoms with E-state index in [-0.39, 0.29) is 11.9 Å². The fourth-order valence-electron chi connectivity index (χ4n) is 4.06. The maximum Gasteiger partial charge on any atom is 0.250 e. The zero-order valence-electron chi connectivity index (χ0n) is 15.9. The molecule has 0 saturated carbocycles. The Bertz CT molecular complexity index is 1050. The van der Waals surface area contributed by atoms with Crippen LogP contribution in [-0.4, -0.2) is 21.9 Å². The van der Waals surface area contributed by atoms with Crippen molar-refractivity contribution in [2.45, 2.75) is 26.3 Å². The molecule has 1 aliphatic rings. The number of aryl methyl sites for hydroxylation is 1. The molecule has 0 unspecified atom stereocenters. The van der Waals surface area contributed by atoms with Crippen molar-refractivity contribution in [2.75, 3.05) is 6.54 Å². The number of amides is 1. The van der Waals surface area contributed by atoms with Crippen LogP contribution in [0.15, 0.2) is 65.9 Å². The largest absolute Gasteiger partial charge is 0.350 e. The smallest absolute Gasteiger partial charge is 0.250 e. The number of hydrogen-bond donors (Lipinski definition) is 0. The Labute approximate surface area is 164 Å². The first-order valence-corrected chi connectivity index (χ1v) is 9.62. The third-order valence-electron chi connectivity index (χ3n) is 5.67. The lowest BCUT2D eigenvalue weighted by Crippen LogP contribution is -2.32. The van der Waals surface area contributed by atoms with Gasteiger partial charge in [0.1, 0.15) is 0 Å². The molecule has 0 fully saturated rings. The van der Waals surface area contributed by atoms with E-state index in [0.717, 1.165) is 22.6 Å². The summed E-state index contributed by atoms with van der Waals surface area (Å²) in [6, 6.07) is 16.2. The van der Waals surface area contributed by atoms with Gasteiger partial charge in [0.15, 0.2) is 0 Å². The molecule has 0 aliphatic carbocycles. The van der Waals surface area contributed by atoms with Crippen LogP contribution in [0.2, 0.25) is 5.02 Å². The zero-order valence-corrected chi connectivity index (χ0v) is 16.6. The highest BCUT2D eigenvalue weighted by Gasteiger charge is 2.36. The summed E-state index contributed by atoms with van der Waals surface area (Å²) in [5.41, 5.74) is 5.59. The summed E-state index contributed by atoms with van der Waals surface area (Å²) in [7, 11) is 2.06. The average Bonchev–Trinajstić information content (AvgIpc) is 3.11. The standard InChI is InChI=1S/C23H23ClN2O/c1-15-16(2)23(27)26(13-12-17-8-10-18(24)11-9-17)22(15)20-14-25(3)21-7-5-4-6-19(20)21/h4-11,14,22H,12-13H2,1-3H3/t22-/m0/s1. The van der Waals surface area contributed by atoms with Crippen molar-refractivity contribution in [1.82, 2.24) is 9.47 Å². The number of fused-ring (bicyclic) bond motifs is 1. The van der Waals surface area contributed by atoms with Crippen LogP contribution in [0.5, 0.6) is 0 Å². The van der Waals surface area contributed by atoms with E-state index < -0.39 is 0 Å². The van der Waals surface area contributed by atoms with Gasteiger partial charge in [-0.25, -0.2) is 0 Å². The van der Waals surface area contributed by atoms with Crippen LogP contribution in [0.3, 0.4) is 0 Å². The van der Waals surface area contributed by atoms with Gasteiger partial charge in [0.25, 0.3) is 0 Å². The fourth-order valence-corrected chi connectivity index (χ4v) is 4.19. The van der Waals surface area contributed by atoms with Gasteiger partial charge in [0.2, 0.25) is 5.91 Å². The summed E-state index contributed by atoms with van der Waals surface area (Å²) in [4.78, 5) is 15.0. The van der Waals surface area contributed by atoms with Crippen LogP contribution in [0.25, 0.3) is 10.9 Å². The predicted octanol–water partition coefficient (Wildman–Crippen LogP) is 5.29. The minimum absolute atomic E-state index is 0.00380. The molecule has 3 nitrogen and oxygen atoms in total. The molecule has 0 bridgehead atoms. The van der Waals surface area contributed by atoms with E-state index in [2.05, 4.69) is 49.0 Å². The number of hydrogen-bond acceptors (Lipinski definition) is 1. The van der Waals surface area contributed by atoms with Gasteiger partial charge in [0, 0.05) is 46.9 Å². The van der Waals surface area contributed by atoms with Crippen LogP contribution in [0.4, 0.5) is 0 Å². The Hall–Kier alpha value is -2.52. The van der Waals surface area contributed by atoms with Crippen molar-refractivity contribution in [3.63, 3.8) is 0 Å². The lowest BCUT2D eigenvalue weighted by Gasteiger charge is -2.26. The van der Waals surface area contributed by atoms with E-state index in [9.17, 15) is 4.79 Å². The Kier molecular flexibility index (Phi) is 4.56. The highest BCUT2D eigenvalue weighted by Crippen LogP contribution is 2.40. The quantitative estimate of drug-likeness (QED) is 0.605. The molecule has 0 N–H and O–H groups in total. The highest BCUT2D eigenvalue weighted by atomic mass is 35.5. The molecule has 0 saturated heterocycles. The van der Waals surface area contributed by atoms with Gasteiger partial charge < -0.3 is 9.47 Å². The molecule has 2 aromatic carbocycles. The third kappa shape index (κ3) is 3.06. The Morgan fingerprint density at radius 1 is 1.04 bits per heavy atom. The molecule has 3 aromatic rings. The van der Waals surface area contributed by atoms with Crippen LogP contribution in [0.1, 0.15) is 31.0 Å². The number of carbonyl (C=O) groups is 1. The van der Waals surface area contributed by atoms with Gasteiger partial charge in [-0.1, -0.05) is 41.9 Å². The van der Waals surface area contributed by atoms with Crippen LogP contribution in [0, 0.1) is 0 Å². The second-order valence-corrected chi connectivity index (χ2v) is 7.73. The monoisotopic (exact) mass is 378 g/mol. The molecule has 1 amide bonds. The van der Waals surface area contributed by atoms with E-state index in [1.54, 1.807) is 0 Å². The van der Waals surface area contributed by atoms with Crippen molar-refractivity contribution in [3.8, 4) is 0 Å². The molecule has 4 heteroatoms. The van der Waals surface area contributed by atoms with E-state index >= 15 is 0 Å². The first kappa shape index (κ1) is 17.9. The molecule has 0 spiro atoms. The van der Waals surface area contributed by atoms with Gasteiger partial charge in [0.05, 0.1) is 6.04 Å². The van der Waals surface area contributed by atoms with E-state index in [0.29, 0.717) is 6.54 Å². The summed E-state index contributed by atoms with van der Waals surface area (Å²) in [6.07, 6.45) is 2.98. The molecule has 0 radical (unpaired) electrons. The number of rotatable bonds is 4. The van der Waals surface area contributed by atoms with E-state index in [4.69, 9.17) is 11.6 Å². The van der Waals surface area contributed by atoms with Crippen molar-refractivity contribution >= 4 is 28.4 Å². The summed E-state index contributed by atoms with van der Waals surface area (Å²) in [5.74, 6) is 0.138. The Morgan fingerprint density at radius 3 is 2.48 bits per heavy atom. The Morgan fingerprint density at radius 2 is 1.74 bits per heavy atom. The molecule has 1 aliphatic heterocycles. The number of benzene rings is 2. The van der Waals surface area contributed by atoms with Crippen molar-refractivity contribution in [2.24, 2.45) is 7.05 Å². The van der Waals surface area contributed by atoms with E-state index in [1.165, 1.54) is 22.0 Å². The van der Waals surface area contributed by atoms with Crippen LogP contribution >= 0.6 is 11.6 Å². The lowest BCUT2D eigenvalue weighted by atomic mass is 9.98. The number of carbonyl (C=O) groups excluding carboxylic acids is 1. The Balaban J connectivity index is 1.69. The predicted molar refractivity (Wildman–Crippen MR) is 111 cm³/mol. The van der Waals surface area contributed by atoms with Crippen molar-refractivity contribution < 1.29 is 4.79 Å². The molecule has 138 valence electrons. The van der Waals surface area contributed by atoms with Gasteiger partial charge in [-0.2, -0.15) is 0 Å². The fraction of sp³-hybridized carbons (Fsp3) is 0.261. The van der Waals surface area contributed by atoms with Gasteiger partial charge in [-0.05, 0) is 49.6 Å². The number of nitrogens with zero attached hydrogens (tertiary/aromatic N) is 2. The van der Waals surface area contributed by atoms with Gasteiger partial charge >= 0.3 is 0 Å². The second kappa shape index (κ2) is 6.90. The third-order valence-corrected chi connectivity index (χ3v) is 5.92. The number of aromatic nitrogens is 1. The summed E-state index contributed by atoms with van der Waals surface area (Å²) < 4.78 is 2.15. The normalized spacial score (nSPS) is 17.4. The maximum absolute atomic E-state index is 13.0. The first-order chi connectivity index (χ1) is 13.0. The molecule has 27 heavy (non-hydrogen) atoms. The van der Waals surface area contributed by atoms with Crippen molar-refractivity contribution in [1.29, 1.82) is 0 Å². The van der Waals surface area contributed by atoms with Gasteiger partial charge in [-0.15, -0.1) is 0 Å². The summed E-state index contributed by atoms with van der Waals surface area (Å²) in [6.45, 7) is 4.71. The van der Waals surface area contributed by atoms with Crippen molar-refractivity contribution in [3.05, 3.63) is 82.0 Å². The van der Waals surface area contributed by atoms with Crippen LogP contribution in [-0.2, 0) is 18.3 Å². The number of halogens is 1. The maximum atomic E-state index is 13.0. The SMILES string of the molecule is CC1=C(C)[C@@H](c2cn(C)c3ccccc23)N(CCc2ccc(Cl)cc2)C1=O. The molecule has 1 atom stereocenters. The molecule has 4 rings (SSSR count). The van der Waals surface area contributed by atoms with Crippen LogP contribution < -0.4 is 0 Å². The molecular weight excluding hydrogens is 356 g/mol. The molecular formula is C23H23ClN2O. The van der Waals surface area contributed by atoms with E-state index in [1.807, 2.05) is 36.1 Å². The first-order valence-electron chi connectivity index (χ1n) is 9.24. The molecule has 1 aromatic heterocycles. The number of para-hydroxylation sites is 1. The lowest BCUT2D eigenvalue weighted by molar-refractivity contribution is -0.127. The summed E-state index contributed by atoms with van der Waals surface area (Å²) in [5, 5.41) is 1.95.